The molecule has 5 nitrogen and oxygen atoms in total. The van der Waals surface area contributed by atoms with E-state index >= 15 is 0 Å². The smallest absolute Gasteiger partial charge is 0.231 e. The van der Waals surface area contributed by atoms with Gasteiger partial charge in [-0.2, -0.15) is 0 Å². The number of fused-ring (bicyclic) bond motifs is 2. The van der Waals surface area contributed by atoms with Gasteiger partial charge in [-0.25, -0.2) is 9.38 Å². The number of ether oxygens (including phenoxy) is 2. The quantitative estimate of drug-likeness (QED) is 0.433. The molecular weight excluding hydrogens is 437 g/mol. The molecule has 1 aromatic heterocycles. The third kappa shape index (κ3) is 5.29. The highest BCUT2D eigenvalue weighted by Crippen LogP contribution is 2.37. The Bertz CT molecular complexity index is 1180. The summed E-state index contributed by atoms with van der Waals surface area (Å²) in [5.41, 5.74) is 3.22. The average Bonchev–Trinajstić information content (AvgIpc) is 3.46. The third-order valence-corrected chi connectivity index (χ3v) is 5.95. The number of nitrogens with one attached hydrogen (secondary N) is 2. The standard InChI is InChI=1S/C22H16FN3O2S.C2H6.2CH4/c1-2-14-8-15(4-5-16(14)23)20-9-17-21(29-20)22(26-11-25-17)24-10-13-3-6-18-19(7-13)28-12-27-18;1-2;;/h1,3-9,25H,10-12H2,(H,24,26);1-2H3;2*1H4. The van der Waals surface area contributed by atoms with Crippen LogP contribution in [-0.4, -0.2) is 19.3 Å². The average molecular weight is 468 g/mol. The van der Waals surface area contributed by atoms with Crippen LogP contribution in [0.1, 0.15) is 44.7 Å². The van der Waals surface area contributed by atoms with E-state index < -0.39 is 0 Å². The number of rotatable bonds is 3. The van der Waals surface area contributed by atoms with Gasteiger partial charge in [0.15, 0.2) is 11.5 Å². The van der Waals surface area contributed by atoms with Crippen molar-refractivity contribution in [1.29, 1.82) is 0 Å². The van der Waals surface area contributed by atoms with Crippen molar-refractivity contribution in [2.75, 3.05) is 18.8 Å². The minimum Gasteiger partial charge on any atom is -0.454 e. The summed E-state index contributed by atoms with van der Waals surface area (Å²) in [4.78, 5) is 6.58. The number of halogens is 1. The monoisotopic (exact) mass is 467 g/mol. The van der Waals surface area contributed by atoms with Gasteiger partial charge in [0.1, 0.15) is 18.3 Å². The summed E-state index contributed by atoms with van der Waals surface area (Å²) >= 11 is 1.59. The molecule has 0 saturated heterocycles. The van der Waals surface area contributed by atoms with Crippen LogP contribution in [0.5, 0.6) is 11.5 Å². The molecule has 0 saturated carbocycles. The van der Waals surface area contributed by atoms with Crippen molar-refractivity contribution < 1.29 is 13.9 Å². The van der Waals surface area contributed by atoms with Gasteiger partial charge in [0.2, 0.25) is 6.79 Å². The predicted molar refractivity (Wildman–Crippen MR) is 137 cm³/mol. The summed E-state index contributed by atoms with van der Waals surface area (Å²) in [6.45, 7) is 5.36. The number of hydrogen-bond donors (Lipinski definition) is 2. The first kappa shape index (κ1) is 25.8. The first-order chi connectivity index (χ1) is 15.2. The number of thiophene rings is 1. The van der Waals surface area contributed by atoms with E-state index in [1.54, 1.807) is 23.5 Å². The maximum Gasteiger partial charge on any atom is 0.231 e. The number of amidine groups is 1. The molecule has 0 atom stereocenters. The van der Waals surface area contributed by atoms with E-state index in [-0.39, 0.29) is 33.0 Å². The second kappa shape index (κ2) is 11.4. The van der Waals surface area contributed by atoms with Gasteiger partial charge < -0.3 is 20.1 Å². The van der Waals surface area contributed by atoms with Crippen LogP contribution in [0.3, 0.4) is 0 Å². The predicted octanol–water partition coefficient (Wildman–Crippen LogP) is 6.48. The molecule has 0 radical (unpaired) electrons. The topological polar surface area (TPSA) is 54.9 Å². The number of hydrogen-bond acceptors (Lipinski definition) is 6. The highest BCUT2D eigenvalue weighted by Gasteiger charge is 2.20. The molecule has 0 aliphatic carbocycles. The van der Waals surface area contributed by atoms with E-state index in [0.29, 0.717) is 13.2 Å². The summed E-state index contributed by atoms with van der Waals surface area (Å²) in [5.74, 6) is 4.36. The van der Waals surface area contributed by atoms with Gasteiger partial charge in [-0.05, 0) is 41.5 Å². The second-order valence-electron chi connectivity index (χ2n) is 6.58. The molecule has 3 heterocycles. The fourth-order valence-electron chi connectivity index (χ4n) is 3.28. The normalized spacial score (nSPS) is 12.4. The number of anilines is 1. The Morgan fingerprint density at radius 2 is 1.91 bits per heavy atom. The van der Waals surface area contributed by atoms with Crippen molar-refractivity contribution in [3.05, 3.63) is 64.3 Å². The highest BCUT2D eigenvalue weighted by molar-refractivity contribution is 7.18. The van der Waals surface area contributed by atoms with Crippen molar-refractivity contribution in [1.82, 2.24) is 5.32 Å². The number of benzene rings is 2. The van der Waals surface area contributed by atoms with Crippen LogP contribution < -0.4 is 20.1 Å². The first-order valence-corrected chi connectivity index (χ1v) is 10.8. The number of aliphatic imine (C=N–C) groups is 1. The van der Waals surface area contributed by atoms with Crippen LogP contribution in [-0.2, 0) is 6.54 Å². The summed E-state index contributed by atoms with van der Waals surface area (Å²) in [6, 6.07) is 12.8. The summed E-state index contributed by atoms with van der Waals surface area (Å²) < 4.78 is 24.5. The van der Waals surface area contributed by atoms with Gasteiger partial charge in [-0.3, -0.25) is 0 Å². The van der Waals surface area contributed by atoms with E-state index in [4.69, 9.17) is 15.9 Å². The summed E-state index contributed by atoms with van der Waals surface area (Å²) in [5, 5.41) is 6.70. The van der Waals surface area contributed by atoms with Crippen LogP contribution in [0.25, 0.3) is 10.4 Å². The van der Waals surface area contributed by atoms with Crippen molar-refractivity contribution in [3.8, 4) is 34.3 Å². The van der Waals surface area contributed by atoms with Crippen LogP contribution in [0.2, 0.25) is 0 Å². The van der Waals surface area contributed by atoms with Gasteiger partial charge >= 0.3 is 0 Å². The molecule has 0 bridgehead atoms. The fraction of sp³-hybridized carbons (Fsp3) is 0.269. The molecule has 2 aliphatic rings. The van der Waals surface area contributed by atoms with Crippen molar-refractivity contribution >= 4 is 22.9 Å². The zero-order valence-electron chi connectivity index (χ0n) is 17.3. The van der Waals surface area contributed by atoms with E-state index in [9.17, 15) is 4.39 Å². The zero-order valence-corrected chi connectivity index (χ0v) is 18.1. The van der Waals surface area contributed by atoms with Crippen LogP contribution in [0.4, 0.5) is 10.1 Å². The Labute approximate surface area is 199 Å². The zero-order chi connectivity index (χ0) is 21.8. The van der Waals surface area contributed by atoms with Gasteiger partial charge in [-0.15, -0.1) is 17.8 Å². The Kier molecular flexibility index (Phi) is 8.89. The van der Waals surface area contributed by atoms with E-state index in [1.807, 2.05) is 38.1 Å². The Morgan fingerprint density at radius 3 is 2.70 bits per heavy atom. The summed E-state index contributed by atoms with van der Waals surface area (Å²) in [7, 11) is 0. The molecule has 33 heavy (non-hydrogen) atoms. The van der Waals surface area contributed by atoms with Gasteiger partial charge in [0, 0.05) is 11.4 Å². The lowest BCUT2D eigenvalue weighted by Gasteiger charge is -2.16. The van der Waals surface area contributed by atoms with E-state index in [2.05, 4.69) is 21.5 Å². The van der Waals surface area contributed by atoms with Crippen LogP contribution >= 0.6 is 11.3 Å². The maximum atomic E-state index is 13.7. The number of nitrogens with zero attached hydrogens (tertiary/aromatic N) is 1. The maximum absolute atomic E-state index is 13.7. The third-order valence-electron chi connectivity index (χ3n) is 4.76. The SMILES string of the molecule is C.C.C#Cc1cc(-c2cc3c(s2)C(NCc2ccc4c(c2)OCO4)=NCN3)ccc1F.CC. The largest absolute Gasteiger partial charge is 0.454 e. The molecule has 2 N–H and O–H groups in total. The van der Waals surface area contributed by atoms with Crippen molar-refractivity contribution in [3.63, 3.8) is 0 Å². The molecule has 0 spiro atoms. The Hall–Kier alpha value is -3.50. The molecule has 3 aromatic rings. The second-order valence-corrected chi connectivity index (χ2v) is 7.63. The van der Waals surface area contributed by atoms with Gasteiger partial charge in [-0.1, -0.05) is 46.8 Å². The molecular formula is C26H30FN3O2S. The molecule has 0 fully saturated rings. The fourth-order valence-corrected chi connectivity index (χ4v) is 4.39. The minimum absolute atomic E-state index is 0. The van der Waals surface area contributed by atoms with Crippen LogP contribution in [0.15, 0.2) is 47.5 Å². The summed E-state index contributed by atoms with van der Waals surface area (Å²) in [6.07, 6.45) is 5.40. The molecule has 0 amide bonds. The van der Waals surface area contributed by atoms with Gasteiger partial charge in [0.05, 0.1) is 16.1 Å². The molecule has 174 valence electrons. The van der Waals surface area contributed by atoms with E-state index in [0.717, 1.165) is 43.9 Å². The molecule has 2 aromatic carbocycles. The van der Waals surface area contributed by atoms with E-state index in [1.165, 1.54) is 6.07 Å². The number of terminal acetylenes is 1. The Morgan fingerprint density at radius 1 is 1.12 bits per heavy atom. The van der Waals surface area contributed by atoms with Crippen molar-refractivity contribution in [2.45, 2.75) is 35.2 Å². The lowest BCUT2D eigenvalue weighted by molar-refractivity contribution is 0.174. The lowest BCUT2D eigenvalue weighted by Crippen LogP contribution is -2.27. The Balaban J connectivity index is 0.000000939. The molecule has 5 rings (SSSR count). The first-order valence-electron chi connectivity index (χ1n) is 10.0. The molecule has 7 heteroatoms. The minimum atomic E-state index is -0.386. The van der Waals surface area contributed by atoms with Gasteiger partial charge in [0.25, 0.3) is 0 Å². The highest BCUT2D eigenvalue weighted by atomic mass is 32.1. The molecule has 0 unspecified atom stereocenters. The molecule has 2 aliphatic heterocycles. The van der Waals surface area contributed by atoms with Crippen LogP contribution in [0, 0.1) is 18.2 Å². The lowest BCUT2D eigenvalue weighted by atomic mass is 10.1. The van der Waals surface area contributed by atoms with Crippen molar-refractivity contribution in [2.24, 2.45) is 4.99 Å².